The number of ether oxygens (including phenoxy) is 3. The van der Waals surface area contributed by atoms with E-state index in [1.165, 1.54) is 0 Å². The van der Waals surface area contributed by atoms with Crippen LogP contribution in [0.2, 0.25) is 0 Å². The maximum absolute atomic E-state index is 13.7. The summed E-state index contributed by atoms with van der Waals surface area (Å²) in [6, 6.07) is 5.58. The number of esters is 1. The SMILES string of the molecule is CC1CCCC2(C)OC2CC(C=Cc2ccccn2)OC(=O)CC(O)C(C)(C)C(=O)C(CC2CO2)C1O. The number of aliphatic hydroxyl groups excluding tert-OH is 2. The zero-order valence-corrected chi connectivity index (χ0v) is 22.3. The van der Waals surface area contributed by atoms with Crippen molar-refractivity contribution in [3.05, 3.63) is 36.2 Å². The Morgan fingerprint density at radius 2 is 1.95 bits per heavy atom. The lowest BCUT2D eigenvalue weighted by molar-refractivity contribution is -0.154. The molecule has 8 heteroatoms. The van der Waals surface area contributed by atoms with Crippen LogP contribution in [0, 0.1) is 17.3 Å². The topological polar surface area (TPSA) is 122 Å². The minimum atomic E-state index is -1.26. The normalized spacial score (nSPS) is 39.1. The number of aliphatic hydroxyl groups is 2. The van der Waals surface area contributed by atoms with Gasteiger partial charge in [0.1, 0.15) is 11.9 Å². The standard InChI is InChI=1S/C29H41NO7/c1-18-8-7-12-29(4)24(37-29)15-20(11-10-19-9-5-6-13-30-19)36-25(32)16-23(31)28(2,3)27(34)22(26(18)33)14-21-17-35-21/h5-6,9-11,13,18,20-24,26,31,33H,7-8,12,14-17H2,1-4H3. The van der Waals surface area contributed by atoms with Gasteiger partial charge in [-0.3, -0.25) is 14.6 Å². The van der Waals surface area contributed by atoms with Gasteiger partial charge in [-0.05, 0) is 56.4 Å². The highest BCUT2D eigenvalue weighted by Crippen LogP contribution is 2.44. The molecule has 0 radical (unpaired) electrons. The highest BCUT2D eigenvalue weighted by atomic mass is 16.6. The predicted octanol–water partition coefficient (Wildman–Crippen LogP) is 3.49. The molecule has 0 aromatic carbocycles. The Labute approximate surface area is 219 Å². The van der Waals surface area contributed by atoms with Gasteiger partial charge in [-0.2, -0.15) is 0 Å². The fraction of sp³-hybridized carbons (Fsp3) is 0.690. The van der Waals surface area contributed by atoms with Crippen LogP contribution >= 0.6 is 0 Å². The Hall–Kier alpha value is -2.13. The monoisotopic (exact) mass is 515 g/mol. The van der Waals surface area contributed by atoms with Crippen molar-refractivity contribution < 1.29 is 34.0 Å². The molecule has 1 aromatic rings. The number of carbonyl (C=O) groups is 2. The van der Waals surface area contributed by atoms with Crippen LogP contribution in [0.3, 0.4) is 0 Å². The van der Waals surface area contributed by atoms with Gasteiger partial charge >= 0.3 is 5.97 Å². The number of rotatable bonds is 4. The summed E-state index contributed by atoms with van der Waals surface area (Å²) in [6.45, 7) is 7.87. The molecule has 3 aliphatic heterocycles. The van der Waals surface area contributed by atoms with Crippen LogP contribution < -0.4 is 0 Å². The average Bonchev–Trinajstić information content (AvgIpc) is 3.78. The Morgan fingerprint density at radius 1 is 1.19 bits per heavy atom. The van der Waals surface area contributed by atoms with Crippen molar-refractivity contribution in [1.29, 1.82) is 0 Å². The summed E-state index contributed by atoms with van der Waals surface area (Å²) in [4.78, 5) is 30.9. The molecule has 0 saturated carbocycles. The predicted molar refractivity (Wildman–Crippen MR) is 137 cm³/mol. The first-order chi connectivity index (χ1) is 17.5. The molecule has 3 fully saturated rings. The highest BCUT2D eigenvalue weighted by Gasteiger charge is 2.52. The Bertz CT molecular complexity index is 976. The van der Waals surface area contributed by atoms with E-state index in [1.807, 2.05) is 31.2 Å². The fourth-order valence-electron chi connectivity index (χ4n) is 5.37. The average molecular weight is 516 g/mol. The molecule has 0 aliphatic carbocycles. The molecule has 8 atom stereocenters. The van der Waals surface area contributed by atoms with Gasteiger partial charge in [-0.15, -0.1) is 0 Å². The number of epoxide rings is 2. The molecule has 8 nitrogen and oxygen atoms in total. The summed E-state index contributed by atoms with van der Waals surface area (Å²) in [5.41, 5.74) is -0.812. The molecular formula is C29H41NO7. The number of pyridine rings is 1. The lowest BCUT2D eigenvalue weighted by atomic mass is 9.71. The van der Waals surface area contributed by atoms with Crippen molar-refractivity contribution in [2.24, 2.45) is 17.3 Å². The largest absolute Gasteiger partial charge is 0.458 e. The molecule has 1 aromatic heterocycles. The quantitative estimate of drug-likeness (QED) is 0.462. The van der Waals surface area contributed by atoms with Gasteiger partial charge in [0.05, 0.1) is 54.2 Å². The molecule has 4 rings (SSSR count). The smallest absolute Gasteiger partial charge is 0.309 e. The molecule has 0 bridgehead atoms. The number of hydrogen-bond acceptors (Lipinski definition) is 8. The number of Topliss-reactive ketones (excluding diaryl/α,β-unsaturated/α-hetero) is 1. The molecule has 3 aliphatic rings. The van der Waals surface area contributed by atoms with Crippen molar-refractivity contribution in [3.63, 3.8) is 0 Å². The zero-order chi connectivity index (χ0) is 26.8. The van der Waals surface area contributed by atoms with E-state index in [4.69, 9.17) is 14.2 Å². The number of carbonyl (C=O) groups excluding carboxylic acids is 2. The van der Waals surface area contributed by atoms with Gasteiger partial charge in [0, 0.05) is 18.5 Å². The number of cyclic esters (lactones) is 1. The van der Waals surface area contributed by atoms with Crippen molar-refractivity contribution in [2.75, 3.05) is 6.61 Å². The third kappa shape index (κ3) is 7.05. The summed E-state index contributed by atoms with van der Waals surface area (Å²) in [7, 11) is 0. The van der Waals surface area contributed by atoms with Crippen LogP contribution in [0.5, 0.6) is 0 Å². The van der Waals surface area contributed by atoms with Gasteiger partial charge in [-0.25, -0.2) is 0 Å². The molecule has 8 unspecified atom stereocenters. The van der Waals surface area contributed by atoms with Crippen LogP contribution in [0.1, 0.15) is 71.9 Å². The first-order valence-electron chi connectivity index (χ1n) is 13.5. The van der Waals surface area contributed by atoms with Crippen LogP contribution in [0.15, 0.2) is 30.5 Å². The third-order valence-corrected chi connectivity index (χ3v) is 8.35. The Kier molecular flexibility index (Phi) is 8.53. The first-order valence-corrected chi connectivity index (χ1v) is 13.5. The molecule has 0 spiro atoms. The van der Waals surface area contributed by atoms with E-state index in [-0.39, 0.29) is 35.9 Å². The molecule has 2 N–H and O–H groups in total. The van der Waals surface area contributed by atoms with Gasteiger partial charge in [0.2, 0.25) is 0 Å². The van der Waals surface area contributed by atoms with E-state index in [2.05, 4.69) is 11.9 Å². The van der Waals surface area contributed by atoms with Crippen molar-refractivity contribution in [2.45, 2.75) is 102 Å². The van der Waals surface area contributed by atoms with Crippen LogP contribution in [0.25, 0.3) is 6.08 Å². The Balaban J connectivity index is 1.55. The summed E-state index contributed by atoms with van der Waals surface area (Å²) < 4.78 is 17.2. The van der Waals surface area contributed by atoms with Crippen molar-refractivity contribution >= 4 is 17.8 Å². The van der Waals surface area contributed by atoms with Gasteiger partial charge < -0.3 is 24.4 Å². The second-order valence-electron chi connectivity index (χ2n) is 11.8. The number of hydrogen-bond donors (Lipinski definition) is 2. The second kappa shape index (κ2) is 11.3. The van der Waals surface area contributed by atoms with Crippen LogP contribution in [0.4, 0.5) is 0 Å². The van der Waals surface area contributed by atoms with E-state index in [9.17, 15) is 19.8 Å². The first kappa shape index (κ1) is 27.9. The van der Waals surface area contributed by atoms with Gasteiger partial charge in [-0.1, -0.05) is 33.3 Å². The molecule has 37 heavy (non-hydrogen) atoms. The van der Waals surface area contributed by atoms with E-state index in [0.29, 0.717) is 19.4 Å². The molecular weight excluding hydrogens is 474 g/mol. The van der Waals surface area contributed by atoms with Crippen molar-refractivity contribution in [1.82, 2.24) is 4.98 Å². The fourth-order valence-corrected chi connectivity index (χ4v) is 5.37. The lowest BCUT2D eigenvalue weighted by Crippen LogP contribution is -2.47. The summed E-state index contributed by atoms with van der Waals surface area (Å²) in [5, 5.41) is 22.2. The molecule has 204 valence electrons. The zero-order valence-electron chi connectivity index (χ0n) is 22.3. The Morgan fingerprint density at radius 3 is 2.62 bits per heavy atom. The van der Waals surface area contributed by atoms with E-state index in [1.54, 1.807) is 26.1 Å². The van der Waals surface area contributed by atoms with Gasteiger partial charge in [0.25, 0.3) is 0 Å². The lowest BCUT2D eigenvalue weighted by Gasteiger charge is -2.36. The maximum Gasteiger partial charge on any atom is 0.309 e. The van der Waals surface area contributed by atoms with E-state index >= 15 is 0 Å². The number of aromatic nitrogens is 1. The number of nitrogens with zero attached hydrogens (tertiary/aromatic N) is 1. The summed E-state index contributed by atoms with van der Waals surface area (Å²) in [5.74, 6) is -1.62. The van der Waals surface area contributed by atoms with E-state index in [0.717, 1.165) is 25.0 Å². The summed E-state index contributed by atoms with van der Waals surface area (Å²) in [6.07, 6.45) is 5.52. The molecule has 3 saturated heterocycles. The number of ketones is 1. The minimum absolute atomic E-state index is 0.0505. The third-order valence-electron chi connectivity index (χ3n) is 8.35. The molecule has 0 amide bonds. The minimum Gasteiger partial charge on any atom is -0.458 e. The van der Waals surface area contributed by atoms with Crippen LogP contribution in [-0.2, 0) is 23.8 Å². The number of fused-ring (bicyclic) bond motifs is 1. The van der Waals surface area contributed by atoms with Crippen molar-refractivity contribution in [3.8, 4) is 0 Å². The van der Waals surface area contributed by atoms with E-state index < -0.39 is 35.6 Å². The maximum atomic E-state index is 13.7. The molecule has 4 heterocycles. The highest BCUT2D eigenvalue weighted by molar-refractivity contribution is 5.88. The summed E-state index contributed by atoms with van der Waals surface area (Å²) >= 11 is 0. The van der Waals surface area contributed by atoms with Crippen LogP contribution in [-0.4, -0.2) is 69.7 Å². The second-order valence-corrected chi connectivity index (χ2v) is 11.8. The van der Waals surface area contributed by atoms with Gasteiger partial charge in [0.15, 0.2) is 0 Å².